The van der Waals surface area contributed by atoms with Crippen LogP contribution in [0, 0.1) is 6.92 Å². The zero-order valence-electron chi connectivity index (χ0n) is 16.7. The SMILES string of the molecule is COc1ccc(S(=O)(=O)N2CCn3cccc3[C@@H]2c2ccc(C)cc2)cc1OC. The first-order chi connectivity index (χ1) is 14.0. The molecule has 0 amide bonds. The van der Waals surface area contributed by atoms with Crippen LogP contribution in [0.25, 0.3) is 0 Å². The summed E-state index contributed by atoms with van der Waals surface area (Å²) >= 11 is 0. The zero-order valence-corrected chi connectivity index (χ0v) is 17.5. The summed E-state index contributed by atoms with van der Waals surface area (Å²) in [6, 6.07) is 16.3. The number of hydrogen-bond donors (Lipinski definition) is 0. The van der Waals surface area contributed by atoms with Gasteiger partial charge in [0.1, 0.15) is 0 Å². The number of benzene rings is 2. The van der Waals surface area contributed by atoms with Crippen LogP contribution in [0.2, 0.25) is 0 Å². The van der Waals surface area contributed by atoms with Crippen molar-refractivity contribution in [3.63, 3.8) is 0 Å². The van der Waals surface area contributed by atoms with Crippen LogP contribution in [0.3, 0.4) is 0 Å². The lowest BCUT2D eigenvalue weighted by atomic mass is 10.0. The van der Waals surface area contributed by atoms with Gasteiger partial charge in [-0.1, -0.05) is 29.8 Å². The maximum atomic E-state index is 13.7. The van der Waals surface area contributed by atoms with E-state index >= 15 is 0 Å². The third kappa shape index (κ3) is 3.41. The van der Waals surface area contributed by atoms with E-state index in [1.54, 1.807) is 16.4 Å². The molecule has 0 bridgehead atoms. The minimum atomic E-state index is -3.76. The molecule has 2 aromatic carbocycles. The molecular formula is C22H24N2O4S. The third-order valence-electron chi connectivity index (χ3n) is 5.35. The zero-order chi connectivity index (χ0) is 20.6. The number of methoxy groups -OCH3 is 2. The Kier molecular flexibility index (Phi) is 5.10. The lowest BCUT2D eigenvalue weighted by Gasteiger charge is -2.36. The number of rotatable bonds is 5. The molecule has 0 fully saturated rings. The highest BCUT2D eigenvalue weighted by Gasteiger charge is 2.37. The quantitative estimate of drug-likeness (QED) is 0.642. The van der Waals surface area contributed by atoms with Gasteiger partial charge in [-0.05, 0) is 36.8 Å². The molecule has 3 aromatic rings. The van der Waals surface area contributed by atoms with Crippen molar-refractivity contribution in [1.29, 1.82) is 0 Å². The smallest absolute Gasteiger partial charge is 0.244 e. The van der Waals surface area contributed by atoms with Crippen molar-refractivity contribution in [1.82, 2.24) is 8.87 Å². The van der Waals surface area contributed by atoms with E-state index in [2.05, 4.69) is 4.57 Å². The van der Waals surface area contributed by atoms with Crippen molar-refractivity contribution >= 4 is 10.0 Å². The van der Waals surface area contributed by atoms with Gasteiger partial charge in [0, 0.05) is 31.0 Å². The molecule has 6 nitrogen and oxygen atoms in total. The van der Waals surface area contributed by atoms with Crippen molar-refractivity contribution in [2.24, 2.45) is 0 Å². The number of sulfonamides is 1. The van der Waals surface area contributed by atoms with Crippen LogP contribution >= 0.6 is 0 Å². The Morgan fingerprint density at radius 1 is 0.931 bits per heavy atom. The highest BCUT2D eigenvalue weighted by atomic mass is 32.2. The molecule has 0 unspecified atom stereocenters. The van der Waals surface area contributed by atoms with Gasteiger partial charge in [-0.3, -0.25) is 0 Å². The fourth-order valence-electron chi connectivity index (χ4n) is 3.82. The molecule has 1 atom stereocenters. The van der Waals surface area contributed by atoms with Crippen LogP contribution in [-0.4, -0.2) is 38.1 Å². The second-order valence-electron chi connectivity index (χ2n) is 7.07. The van der Waals surface area contributed by atoms with Gasteiger partial charge in [0.2, 0.25) is 10.0 Å². The fourth-order valence-corrected chi connectivity index (χ4v) is 5.42. The summed E-state index contributed by atoms with van der Waals surface area (Å²) in [5.41, 5.74) is 3.04. The monoisotopic (exact) mass is 412 g/mol. The van der Waals surface area contributed by atoms with Gasteiger partial charge in [-0.25, -0.2) is 8.42 Å². The highest BCUT2D eigenvalue weighted by molar-refractivity contribution is 7.89. The molecule has 1 aromatic heterocycles. The van der Waals surface area contributed by atoms with Crippen molar-refractivity contribution in [3.05, 3.63) is 77.6 Å². The predicted octanol–water partition coefficient (Wildman–Crippen LogP) is 3.61. The average molecular weight is 413 g/mol. The Balaban J connectivity index is 1.82. The van der Waals surface area contributed by atoms with E-state index in [1.165, 1.54) is 20.3 Å². The van der Waals surface area contributed by atoms with Gasteiger partial charge in [0.25, 0.3) is 0 Å². The van der Waals surface area contributed by atoms with Crippen molar-refractivity contribution in [2.75, 3.05) is 20.8 Å². The van der Waals surface area contributed by atoms with Crippen molar-refractivity contribution in [3.8, 4) is 11.5 Å². The van der Waals surface area contributed by atoms with E-state index in [-0.39, 0.29) is 4.90 Å². The minimum absolute atomic E-state index is 0.187. The van der Waals surface area contributed by atoms with E-state index in [4.69, 9.17) is 9.47 Å². The van der Waals surface area contributed by atoms with Gasteiger partial charge in [-0.2, -0.15) is 4.31 Å². The van der Waals surface area contributed by atoms with E-state index < -0.39 is 16.1 Å². The first-order valence-corrected chi connectivity index (χ1v) is 10.8. The number of hydrogen-bond acceptors (Lipinski definition) is 4. The molecular weight excluding hydrogens is 388 g/mol. The van der Waals surface area contributed by atoms with Crippen LogP contribution in [-0.2, 0) is 16.6 Å². The molecule has 1 aliphatic heterocycles. The molecule has 29 heavy (non-hydrogen) atoms. The Morgan fingerprint density at radius 2 is 1.66 bits per heavy atom. The van der Waals surface area contributed by atoms with E-state index in [0.29, 0.717) is 24.6 Å². The summed E-state index contributed by atoms with van der Waals surface area (Å²) in [7, 11) is -0.740. The highest BCUT2D eigenvalue weighted by Crippen LogP contribution is 2.38. The van der Waals surface area contributed by atoms with Crippen LogP contribution < -0.4 is 9.47 Å². The van der Waals surface area contributed by atoms with E-state index in [1.807, 2.05) is 49.5 Å². The number of aromatic nitrogens is 1. The molecule has 7 heteroatoms. The lowest BCUT2D eigenvalue weighted by molar-refractivity contribution is 0.298. The number of fused-ring (bicyclic) bond motifs is 1. The van der Waals surface area contributed by atoms with Crippen molar-refractivity contribution in [2.45, 2.75) is 24.4 Å². The van der Waals surface area contributed by atoms with Crippen LogP contribution in [0.4, 0.5) is 0 Å². The second-order valence-corrected chi connectivity index (χ2v) is 8.96. The molecule has 0 saturated carbocycles. The third-order valence-corrected chi connectivity index (χ3v) is 7.21. The summed E-state index contributed by atoms with van der Waals surface area (Å²) in [5, 5.41) is 0. The fraction of sp³-hybridized carbons (Fsp3) is 0.273. The Labute approximate surface area is 171 Å². The molecule has 0 aliphatic carbocycles. The summed E-state index contributed by atoms with van der Waals surface area (Å²) < 4.78 is 41.6. The van der Waals surface area contributed by atoms with Gasteiger partial charge in [0.15, 0.2) is 11.5 Å². The summed E-state index contributed by atoms with van der Waals surface area (Å²) in [4.78, 5) is 0.187. The van der Waals surface area contributed by atoms with Gasteiger partial charge >= 0.3 is 0 Å². The van der Waals surface area contributed by atoms with E-state index in [9.17, 15) is 8.42 Å². The maximum absolute atomic E-state index is 13.7. The number of aryl methyl sites for hydroxylation is 1. The normalized spacial score (nSPS) is 17.0. The maximum Gasteiger partial charge on any atom is 0.244 e. The molecule has 152 valence electrons. The van der Waals surface area contributed by atoms with Crippen LogP contribution in [0.1, 0.15) is 22.9 Å². The topological polar surface area (TPSA) is 60.8 Å². The molecule has 0 N–H and O–H groups in total. The van der Waals surface area contributed by atoms with Gasteiger partial charge in [-0.15, -0.1) is 0 Å². The van der Waals surface area contributed by atoms with Gasteiger partial charge in [0.05, 0.1) is 25.2 Å². The Bertz CT molecular complexity index is 1120. The molecule has 2 heterocycles. The Hall–Kier alpha value is -2.77. The minimum Gasteiger partial charge on any atom is -0.493 e. The van der Waals surface area contributed by atoms with Crippen molar-refractivity contribution < 1.29 is 17.9 Å². The molecule has 1 aliphatic rings. The molecule has 0 spiro atoms. The number of nitrogens with zero attached hydrogens (tertiary/aromatic N) is 2. The number of ether oxygens (including phenoxy) is 2. The molecule has 4 rings (SSSR count). The van der Waals surface area contributed by atoms with Crippen LogP contribution in [0.15, 0.2) is 65.7 Å². The summed E-state index contributed by atoms with van der Waals surface area (Å²) in [6.07, 6.45) is 2.00. The Morgan fingerprint density at radius 3 is 2.34 bits per heavy atom. The standard InChI is InChI=1S/C22H24N2O4S/c1-16-6-8-17(9-7-16)22-19-5-4-12-23(19)13-14-24(22)29(25,26)18-10-11-20(27-2)21(15-18)28-3/h4-12,15,22H,13-14H2,1-3H3/t22-/m0/s1. The van der Waals surface area contributed by atoms with Gasteiger partial charge < -0.3 is 14.0 Å². The lowest BCUT2D eigenvalue weighted by Crippen LogP contribution is -2.42. The average Bonchev–Trinajstić information content (AvgIpc) is 3.22. The van der Waals surface area contributed by atoms with E-state index in [0.717, 1.165) is 16.8 Å². The van der Waals surface area contributed by atoms with Crippen LogP contribution in [0.5, 0.6) is 11.5 Å². The first kappa shape index (κ1) is 19.5. The summed E-state index contributed by atoms with van der Waals surface area (Å²) in [5.74, 6) is 0.884. The predicted molar refractivity (Wildman–Crippen MR) is 111 cm³/mol. The molecule has 0 saturated heterocycles. The first-order valence-electron chi connectivity index (χ1n) is 9.41. The largest absolute Gasteiger partial charge is 0.493 e. The molecule has 0 radical (unpaired) electrons. The second kappa shape index (κ2) is 7.57. The summed E-state index contributed by atoms with van der Waals surface area (Å²) in [6.45, 7) is 3.01.